The number of rotatable bonds is 5. The number of nitrogens with zero attached hydrogens (tertiary/aromatic N) is 1. The van der Waals surface area contributed by atoms with Crippen LogP contribution in [0.15, 0.2) is 34.0 Å². The molecule has 0 bridgehead atoms. The van der Waals surface area contributed by atoms with Gasteiger partial charge in [-0.15, -0.1) is 0 Å². The highest BCUT2D eigenvalue weighted by Gasteiger charge is 2.17. The van der Waals surface area contributed by atoms with Crippen molar-refractivity contribution in [2.45, 2.75) is 25.2 Å². The van der Waals surface area contributed by atoms with Crippen LogP contribution in [0.2, 0.25) is 0 Å². The second-order valence-corrected chi connectivity index (χ2v) is 6.65. The highest BCUT2D eigenvalue weighted by atomic mass is 32.2. The first-order valence-electron chi connectivity index (χ1n) is 6.60. The van der Waals surface area contributed by atoms with Gasteiger partial charge in [-0.3, -0.25) is 14.6 Å². The van der Waals surface area contributed by atoms with Crippen molar-refractivity contribution >= 4 is 21.9 Å². The third kappa shape index (κ3) is 3.95. The normalized spacial score (nSPS) is 11.2. The SMILES string of the molecule is Cc1ccc(S(=O)(=O)Nc2nc(C)c(CC(=O)O)c(=O)[nH]2)cc1. The van der Waals surface area contributed by atoms with Gasteiger partial charge >= 0.3 is 5.97 Å². The number of carboxylic acid groups (broad SMARTS) is 1. The lowest BCUT2D eigenvalue weighted by Crippen LogP contribution is -2.23. The van der Waals surface area contributed by atoms with E-state index in [-0.39, 0.29) is 22.1 Å². The van der Waals surface area contributed by atoms with Gasteiger partial charge in [-0.1, -0.05) is 17.7 Å². The van der Waals surface area contributed by atoms with Crippen LogP contribution in [0, 0.1) is 13.8 Å². The third-order valence-corrected chi connectivity index (χ3v) is 4.47. The summed E-state index contributed by atoms with van der Waals surface area (Å²) in [6.45, 7) is 3.27. The molecule has 0 amide bonds. The summed E-state index contributed by atoms with van der Waals surface area (Å²) in [7, 11) is -3.90. The molecule has 3 N–H and O–H groups in total. The van der Waals surface area contributed by atoms with Crippen LogP contribution in [0.3, 0.4) is 0 Å². The lowest BCUT2D eigenvalue weighted by atomic mass is 10.2. The van der Waals surface area contributed by atoms with E-state index < -0.39 is 28.0 Å². The van der Waals surface area contributed by atoms with Gasteiger partial charge < -0.3 is 5.11 Å². The predicted molar refractivity (Wildman–Crippen MR) is 82.9 cm³/mol. The summed E-state index contributed by atoms with van der Waals surface area (Å²) < 4.78 is 26.6. The highest BCUT2D eigenvalue weighted by molar-refractivity contribution is 7.92. The van der Waals surface area contributed by atoms with E-state index in [1.165, 1.54) is 19.1 Å². The maximum atomic E-state index is 12.2. The topological polar surface area (TPSA) is 129 Å². The predicted octanol–water partition coefficient (Wildman–Crippen LogP) is 0.815. The van der Waals surface area contributed by atoms with E-state index in [0.29, 0.717) is 0 Å². The fourth-order valence-electron chi connectivity index (χ4n) is 1.92. The molecule has 2 aromatic rings. The largest absolute Gasteiger partial charge is 0.481 e. The van der Waals surface area contributed by atoms with Crippen molar-refractivity contribution in [1.82, 2.24) is 9.97 Å². The van der Waals surface area contributed by atoms with Gasteiger partial charge in [0.2, 0.25) is 5.95 Å². The van der Waals surface area contributed by atoms with Crippen LogP contribution >= 0.6 is 0 Å². The molecule has 0 spiro atoms. The van der Waals surface area contributed by atoms with E-state index in [1.54, 1.807) is 12.1 Å². The number of carboxylic acids is 1. The number of anilines is 1. The number of aliphatic carboxylic acids is 1. The van der Waals surface area contributed by atoms with Crippen molar-refractivity contribution in [3.8, 4) is 0 Å². The summed E-state index contributed by atoms with van der Waals surface area (Å²) in [4.78, 5) is 28.7. The Morgan fingerprint density at radius 2 is 1.87 bits per heavy atom. The van der Waals surface area contributed by atoms with Gasteiger partial charge in [0, 0.05) is 5.56 Å². The van der Waals surface area contributed by atoms with Crippen molar-refractivity contribution in [2.75, 3.05) is 4.72 Å². The van der Waals surface area contributed by atoms with Crippen LogP contribution in [-0.2, 0) is 21.2 Å². The quantitative estimate of drug-likeness (QED) is 0.740. The number of benzene rings is 1. The molecule has 122 valence electrons. The molecular formula is C14H15N3O5S. The van der Waals surface area contributed by atoms with Crippen LogP contribution in [0.1, 0.15) is 16.8 Å². The van der Waals surface area contributed by atoms with Gasteiger partial charge in [-0.05, 0) is 26.0 Å². The average molecular weight is 337 g/mol. The summed E-state index contributed by atoms with van der Waals surface area (Å²) in [5.74, 6) is -1.43. The summed E-state index contributed by atoms with van der Waals surface area (Å²) in [6, 6.07) is 6.15. The summed E-state index contributed by atoms with van der Waals surface area (Å²) in [6.07, 6.45) is -0.487. The monoisotopic (exact) mass is 337 g/mol. The van der Waals surface area contributed by atoms with Crippen molar-refractivity contribution in [1.29, 1.82) is 0 Å². The molecule has 0 fully saturated rings. The molecule has 0 aliphatic rings. The Balaban J connectivity index is 2.35. The van der Waals surface area contributed by atoms with Gasteiger partial charge in [-0.2, -0.15) is 0 Å². The Labute approximate surface area is 132 Å². The van der Waals surface area contributed by atoms with E-state index in [4.69, 9.17) is 5.11 Å². The van der Waals surface area contributed by atoms with Gasteiger partial charge in [0.15, 0.2) is 0 Å². The maximum absolute atomic E-state index is 12.2. The number of hydrogen-bond donors (Lipinski definition) is 3. The number of aromatic amines is 1. The van der Waals surface area contributed by atoms with Crippen molar-refractivity contribution in [3.63, 3.8) is 0 Å². The van der Waals surface area contributed by atoms with Crippen LogP contribution < -0.4 is 10.3 Å². The zero-order chi connectivity index (χ0) is 17.2. The molecule has 8 nitrogen and oxygen atoms in total. The van der Waals surface area contributed by atoms with E-state index in [2.05, 4.69) is 14.7 Å². The van der Waals surface area contributed by atoms with Gasteiger partial charge in [0.05, 0.1) is 17.0 Å². The van der Waals surface area contributed by atoms with E-state index in [0.717, 1.165) is 5.56 Å². The van der Waals surface area contributed by atoms with E-state index in [9.17, 15) is 18.0 Å². The third-order valence-electron chi connectivity index (χ3n) is 3.11. The molecule has 0 saturated heterocycles. The Morgan fingerprint density at radius 1 is 1.26 bits per heavy atom. The molecule has 0 unspecified atom stereocenters. The lowest BCUT2D eigenvalue weighted by molar-refractivity contribution is -0.136. The minimum Gasteiger partial charge on any atom is -0.481 e. The lowest BCUT2D eigenvalue weighted by Gasteiger charge is -2.09. The van der Waals surface area contributed by atoms with Crippen LogP contribution in [-0.4, -0.2) is 29.5 Å². The zero-order valence-corrected chi connectivity index (χ0v) is 13.3. The number of nitrogens with one attached hydrogen (secondary N) is 2. The molecule has 0 atom stereocenters. The minimum atomic E-state index is -3.90. The molecule has 9 heteroatoms. The zero-order valence-electron chi connectivity index (χ0n) is 12.5. The Hall–Kier alpha value is -2.68. The number of aromatic nitrogens is 2. The van der Waals surface area contributed by atoms with Crippen LogP contribution in [0.4, 0.5) is 5.95 Å². The van der Waals surface area contributed by atoms with Crippen molar-refractivity contribution < 1.29 is 18.3 Å². The first-order valence-corrected chi connectivity index (χ1v) is 8.08. The molecule has 1 heterocycles. The first-order chi connectivity index (χ1) is 10.7. The van der Waals surface area contributed by atoms with Crippen LogP contribution in [0.25, 0.3) is 0 Å². The Morgan fingerprint density at radius 3 is 2.39 bits per heavy atom. The summed E-state index contributed by atoms with van der Waals surface area (Å²) >= 11 is 0. The van der Waals surface area contributed by atoms with E-state index >= 15 is 0 Å². The van der Waals surface area contributed by atoms with Gasteiger partial charge in [0.1, 0.15) is 0 Å². The van der Waals surface area contributed by atoms with Crippen LogP contribution in [0.5, 0.6) is 0 Å². The van der Waals surface area contributed by atoms with Gasteiger partial charge in [-0.25, -0.2) is 18.1 Å². The molecule has 23 heavy (non-hydrogen) atoms. The molecule has 2 rings (SSSR count). The molecular weight excluding hydrogens is 322 g/mol. The molecule has 0 aliphatic heterocycles. The van der Waals surface area contributed by atoms with Gasteiger partial charge in [0.25, 0.3) is 15.6 Å². The number of sulfonamides is 1. The molecule has 1 aromatic carbocycles. The smallest absolute Gasteiger partial charge is 0.308 e. The minimum absolute atomic E-state index is 0.0178. The number of aryl methyl sites for hydroxylation is 2. The maximum Gasteiger partial charge on any atom is 0.308 e. The average Bonchev–Trinajstić information content (AvgIpc) is 2.42. The Kier molecular flexibility index (Phi) is 4.50. The number of hydrogen-bond acceptors (Lipinski definition) is 5. The molecule has 0 radical (unpaired) electrons. The van der Waals surface area contributed by atoms with Crippen molar-refractivity contribution in [2.24, 2.45) is 0 Å². The fourth-order valence-corrected chi connectivity index (χ4v) is 2.89. The first kappa shape index (κ1) is 16.7. The number of H-pyrrole nitrogens is 1. The second-order valence-electron chi connectivity index (χ2n) is 4.97. The number of carbonyl (C=O) groups is 1. The Bertz CT molecular complexity index is 901. The summed E-state index contributed by atoms with van der Waals surface area (Å²) in [5.41, 5.74) is 0.347. The molecule has 0 saturated carbocycles. The standard InChI is InChI=1S/C14H15N3O5S/c1-8-3-5-10(6-4-8)23(21,22)17-14-15-9(2)11(7-12(18)19)13(20)16-14/h3-6H,7H2,1-2H3,(H,18,19)(H2,15,16,17,20). The second kappa shape index (κ2) is 6.21. The van der Waals surface area contributed by atoms with E-state index in [1.807, 2.05) is 6.92 Å². The summed E-state index contributed by atoms with van der Waals surface area (Å²) in [5, 5.41) is 8.75. The molecule has 0 aliphatic carbocycles. The highest BCUT2D eigenvalue weighted by Crippen LogP contribution is 2.14. The van der Waals surface area contributed by atoms with Crippen molar-refractivity contribution in [3.05, 3.63) is 51.4 Å². The fraction of sp³-hybridized carbons (Fsp3) is 0.214. The molecule has 1 aromatic heterocycles.